The zero-order chi connectivity index (χ0) is 11.1. The number of hydrogen-bond acceptors (Lipinski definition) is 3. The molecule has 0 aliphatic heterocycles. The lowest BCUT2D eigenvalue weighted by Gasteiger charge is -1.91. The number of aryl methyl sites for hydroxylation is 1. The van der Waals surface area contributed by atoms with Crippen LogP contribution in [0.15, 0.2) is 24.4 Å². The Morgan fingerprint density at radius 1 is 1.31 bits per heavy atom. The van der Waals surface area contributed by atoms with Gasteiger partial charge in [0.2, 0.25) is 0 Å². The van der Waals surface area contributed by atoms with Gasteiger partial charge in [-0.25, -0.2) is 4.98 Å². The third-order valence-electron chi connectivity index (χ3n) is 2.64. The van der Waals surface area contributed by atoms with Crippen LogP contribution < -0.4 is 5.73 Å². The lowest BCUT2D eigenvalue weighted by atomic mass is 10.2. The van der Waals surface area contributed by atoms with Gasteiger partial charge in [-0.3, -0.25) is 5.10 Å². The zero-order valence-corrected chi connectivity index (χ0v) is 8.78. The maximum atomic E-state index is 5.75. The molecule has 0 spiro atoms. The van der Waals surface area contributed by atoms with E-state index in [0.29, 0.717) is 5.82 Å². The van der Waals surface area contributed by atoms with E-state index >= 15 is 0 Å². The highest BCUT2D eigenvalue weighted by Gasteiger charge is 2.10. The number of nitrogens with zero attached hydrogens (tertiary/aromatic N) is 2. The van der Waals surface area contributed by atoms with Gasteiger partial charge in [0.25, 0.3) is 0 Å². The summed E-state index contributed by atoms with van der Waals surface area (Å²) >= 11 is 0. The van der Waals surface area contributed by atoms with Crippen molar-refractivity contribution in [2.24, 2.45) is 0 Å². The molecule has 0 aliphatic rings. The van der Waals surface area contributed by atoms with Crippen molar-refractivity contribution < 1.29 is 0 Å². The molecular weight excluding hydrogens is 202 g/mol. The van der Waals surface area contributed by atoms with Gasteiger partial charge in [0, 0.05) is 0 Å². The summed E-state index contributed by atoms with van der Waals surface area (Å²) in [6, 6.07) is 6.03. The Bertz CT molecular complexity index is 649. The van der Waals surface area contributed by atoms with Crippen LogP contribution >= 0.6 is 0 Å². The number of benzene rings is 1. The van der Waals surface area contributed by atoms with E-state index in [1.807, 2.05) is 25.1 Å². The number of aromatic amines is 2. The number of nitrogen functional groups attached to an aromatic ring is 1. The second-order valence-corrected chi connectivity index (χ2v) is 3.75. The lowest BCUT2D eigenvalue weighted by Crippen LogP contribution is -1.88. The first-order valence-corrected chi connectivity index (χ1v) is 5.00. The van der Waals surface area contributed by atoms with Gasteiger partial charge < -0.3 is 10.7 Å². The number of imidazole rings is 1. The largest absolute Gasteiger partial charge is 0.383 e. The highest BCUT2D eigenvalue weighted by molar-refractivity contribution is 5.83. The van der Waals surface area contributed by atoms with Gasteiger partial charge >= 0.3 is 0 Å². The van der Waals surface area contributed by atoms with Crippen LogP contribution in [-0.4, -0.2) is 20.2 Å². The number of anilines is 1. The average molecular weight is 213 g/mol. The second kappa shape index (κ2) is 3.10. The van der Waals surface area contributed by atoms with E-state index in [2.05, 4.69) is 20.2 Å². The quantitative estimate of drug-likeness (QED) is 0.576. The maximum Gasteiger partial charge on any atom is 0.143 e. The van der Waals surface area contributed by atoms with Crippen LogP contribution in [0.1, 0.15) is 5.56 Å². The summed E-state index contributed by atoms with van der Waals surface area (Å²) in [4.78, 5) is 7.75. The number of H-pyrrole nitrogens is 2. The molecule has 0 fully saturated rings. The normalized spacial score (nSPS) is 11.1. The maximum absolute atomic E-state index is 5.75. The molecule has 3 aromatic rings. The van der Waals surface area contributed by atoms with E-state index in [-0.39, 0.29) is 0 Å². The minimum Gasteiger partial charge on any atom is -0.383 e. The minimum atomic E-state index is 0.525. The molecule has 0 saturated heterocycles. The summed E-state index contributed by atoms with van der Waals surface area (Å²) < 4.78 is 0. The van der Waals surface area contributed by atoms with Crippen molar-refractivity contribution in [2.45, 2.75) is 6.92 Å². The number of nitrogens with one attached hydrogen (secondary N) is 2. The molecule has 5 nitrogen and oxygen atoms in total. The van der Waals surface area contributed by atoms with Crippen LogP contribution in [0, 0.1) is 6.92 Å². The summed E-state index contributed by atoms with van der Waals surface area (Å²) in [5.74, 6) is 1.27. The molecule has 80 valence electrons. The molecule has 0 saturated carbocycles. The molecule has 0 amide bonds. The summed E-state index contributed by atoms with van der Waals surface area (Å²) in [6.45, 7) is 2.03. The van der Waals surface area contributed by atoms with Crippen molar-refractivity contribution in [3.63, 3.8) is 0 Å². The van der Waals surface area contributed by atoms with Crippen LogP contribution in [-0.2, 0) is 0 Å². The number of fused-ring (bicyclic) bond motifs is 1. The molecule has 2 aromatic heterocycles. The van der Waals surface area contributed by atoms with Gasteiger partial charge in [0.05, 0.1) is 22.8 Å². The van der Waals surface area contributed by atoms with Crippen LogP contribution in [0.2, 0.25) is 0 Å². The number of rotatable bonds is 1. The fraction of sp³-hybridized carbons (Fsp3) is 0.0909. The Hall–Kier alpha value is -2.30. The standard InChI is InChI=1S/C11H11N5/c1-6-3-2-4-8-9(6)15-11(14-8)7-5-13-16-10(7)12/h2-5H,1H3,(H,14,15)(H3,12,13,16). The Morgan fingerprint density at radius 3 is 2.88 bits per heavy atom. The highest BCUT2D eigenvalue weighted by Crippen LogP contribution is 2.24. The first-order chi connectivity index (χ1) is 7.75. The summed E-state index contributed by atoms with van der Waals surface area (Å²) in [6.07, 6.45) is 1.67. The molecular formula is C11H11N5. The first kappa shape index (κ1) is 8.96. The van der Waals surface area contributed by atoms with Gasteiger partial charge in [-0.1, -0.05) is 12.1 Å². The lowest BCUT2D eigenvalue weighted by molar-refractivity contribution is 1.10. The fourth-order valence-electron chi connectivity index (χ4n) is 1.79. The van der Waals surface area contributed by atoms with Crippen molar-refractivity contribution in [1.29, 1.82) is 0 Å². The monoisotopic (exact) mass is 213 g/mol. The van der Waals surface area contributed by atoms with E-state index in [0.717, 1.165) is 28.0 Å². The fourth-order valence-corrected chi connectivity index (χ4v) is 1.79. The number of para-hydroxylation sites is 1. The van der Waals surface area contributed by atoms with E-state index in [1.54, 1.807) is 6.20 Å². The van der Waals surface area contributed by atoms with E-state index < -0.39 is 0 Å². The van der Waals surface area contributed by atoms with Crippen molar-refractivity contribution in [1.82, 2.24) is 20.2 Å². The molecule has 4 N–H and O–H groups in total. The van der Waals surface area contributed by atoms with Gasteiger partial charge in [-0.2, -0.15) is 5.10 Å². The molecule has 0 radical (unpaired) electrons. The van der Waals surface area contributed by atoms with Crippen molar-refractivity contribution >= 4 is 16.9 Å². The van der Waals surface area contributed by atoms with Crippen LogP contribution in [0.4, 0.5) is 5.82 Å². The summed E-state index contributed by atoms with van der Waals surface area (Å²) in [7, 11) is 0. The third-order valence-corrected chi connectivity index (χ3v) is 2.64. The Morgan fingerprint density at radius 2 is 2.19 bits per heavy atom. The number of aromatic nitrogens is 4. The molecule has 3 rings (SSSR count). The molecule has 0 atom stereocenters. The molecule has 16 heavy (non-hydrogen) atoms. The smallest absolute Gasteiger partial charge is 0.143 e. The molecule has 1 aromatic carbocycles. The summed E-state index contributed by atoms with van der Waals surface area (Å²) in [5, 5.41) is 6.57. The predicted molar refractivity (Wildman–Crippen MR) is 62.8 cm³/mol. The minimum absolute atomic E-state index is 0.525. The molecule has 5 heteroatoms. The van der Waals surface area contributed by atoms with Crippen molar-refractivity contribution in [3.8, 4) is 11.4 Å². The summed E-state index contributed by atoms with van der Waals surface area (Å²) in [5.41, 5.74) is 9.68. The Kier molecular flexibility index (Phi) is 1.73. The SMILES string of the molecule is Cc1cccc2[nH]c(-c3cn[nH]c3N)nc12. The van der Waals surface area contributed by atoms with E-state index in [1.165, 1.54) is 0 Å². The highest BCUT2D eigenvalue weighted by atomic mass is 15.1. The second-order valence-electron chi connectivity index (χ2n) is 3.75. The number of hydrogen-bond donors (Lipinski definition) is 3. The van der Waals surface area contributed by atoms with Gasteiger partial charge in [-0.05, 0) is 18.6 Å². The first-order valence-electron chi connectivity index (χ1n) is 5.00. The van der Waals surface area contributed by atoms with Gasteiger partial charge in [-0.15, -0.1) is 0 Å². The zero-order valence-electron chi connectivity index (χ0n) is 8.78. The van der Waals surface area contributed by atoms with Gasteiger partial charge in [0.1, 0.15) is 11.6 Å². The van der Waals surface area contributed by atoms with Crippen molar-refractivity contribution in [3.05, 3.63) is 30.0 Å². The van der Waals surface area contributed by atoms with Crippen molar-refractivity contribution in [2.75, 3.05) is 5.73 Å². The third kappa shape index (κ3) is 1.18. The topological polar surface area (TPSA) is 83.4 Å². The molecule has 2 heterocycles. The van der Waals surface area contributed by atoms with Crippen LogP contribution in [0.3, 0.4) is 0 Å². The molecule has 0 aliphatic carbocycles. The van der Waals surface area contributed by atoms with E-state index in [9.17, 15) is 0 Å². The Balaban J connectivity index is 2.27. The Labute approximate surface area is 91.7 Å². The molecule has 0 unspecified atom stereocenters. The van der Waals surface area contributed by atoms with Crippen LogP contribution in [0.5, 0.6) is 0 Å². The van der Waals surface area contributed by atoms with Crippen LogP contribution in [0.25, 0.3) is 22.4 Å². The molecule has 0 bridgehead atoms. The number of nitrogens with two attached hydrogens (primary N) is 1. The van der Waals surface area contributed by atoms with Gasteiger partial charge in [0.15, 0.2) is 0 Å². The average Bonchev–Trinajstić information content (AvgIpc) is 2.84. The predicted octanol–water partition coefficient (Wildman–Crippen LogP) is 1.84. The van der Waals surface area contributed by atoms with E-state index in [4.69, 9.17) is 5.73 Å².